The Labute approximate surface area is 159 Å². The van der Waals surface area contributed by atoms with Gasteiger partial charge in [-0.3, -0.25) is 4.79 Å². The van der Waals surface area contributed by atoms with Crippen molar-refractivity contribution >= 4 is 5.91 Å². The Kier molecular flexibility index (Phi) is 3.84. The zero-order chi connectivity index (χ0) is 18.8. The lowest BCUT2D eigenvalue weighted by molar-refractivity contribution is -0.161. The van der Waals surface area contributed by atoms with Gasteiger partial charge in [0.25, 0.3) is 0 Å². The maximum absolute atomic E-state index is 13.9. The molecule has 1 aromatic rings. The van der Waals surface area contributed by atoms with Gasteiger partial charge >= 0.3 is 0 Å². The number of hydrogen-bond acceptors (Lipinski definition) is 3. The molecular formula is C22H28FNO3. The second-order valence-electron chi connectivity index (χ2n) is 9.74. The van der Waals surface area contributed by atoms with E-state index in [1.807, 2.05) is 11.0 Å². The molecule has 5 heteroatoms. The van der Waals surface area contributed by atoms with E-state index in [1.54, 1.807) is 13.0 Å². The van der Waals surface area contributed by atoms with Crippen LogP contribution < -0.4 is 4.74 Å². The maximum Gasteiger partial charge on any atom is 0.225 e. The fraction of sp³-hybridized carbons (Fsp3) is 0.682. The molecule has 1 spiro atoms. The zero-order valence-corrected chi connectivity index (χ0v) is 15.9. The van der Waals surface area contributed by atoms with Crippen molar-refractivity contribution in [3.63, 3.8) is 0 Å². The third kappa shape index (κ3) is 3.24. The monoisotopic (exact) mass is 373 g/mol. The molecule has 27 heavy (non-hydrogen) atoms. The largest absolute Gasteiger partial charge is 0.490 e. The van der Waals surface area contributed by atoms with Gasteiger partial charge in [-0.05, 0) is 81.5 Å². The van der Waals surface area contributed by atoms with Crippen LogP contribution >= 0.6 is 0 Å². The molecule has 1 aromatic carbocycles. The predicted molar refractivity (Wildman–Crippen MR) is 99.0 cm³/mol. The third-order valence-corrected chi connectivity index (χ3v) is 7.03. The quantitative estimate of drug-likeness (QED) is 0.877. The Balaban J connectivity index is 1.15. The SMILES string of the molecule is C[C@]1(O)C[C@@H](C(=O)N2CC3(CCC(Oc4ccc(F)c(C5CC5)c4)C3)C2)C1. The Morgan fingerprint density at radius 3 is 2.63 bits per heavy atom. The number of carbonyl (C=O) groups excluding carboxylic acids is 1. The lowest BCUT2D eigenvalue weighted by Crippen LogP contribution is -2.61. The molecule has 5 rings (SSSR count). The zero-order valence-electron chi connectivity index (χ0n) is 15.9. The average Bonchev–Trinajstić information content (AvgIpc) is 3.32. The molecule has 3 aliphatic carbocycles. The van der Waals surface area contributed by atoms with Crippen molar-refractivity contribution < 1.29 is 19.0 Å². The number of halogens is 1. The minimum Gasteiger partial charge on any atom is -0.490 e. The van der Waals surface area contributed by atoms with Crippen molar-refractivity contribution in [3.05, 3.63) is 29.6 Å². The molecule has 4 fully saturated rings. The standard InChI is InChI=1S/C22H28FNO3/c1-21(26)9-15(10-21)20(25)24-12-22(13-24)7-6-17(11-22)27-16-4-5-19(23)18(8-16)14-2-3-14/h4-5,8,14-15,17,26H,2-3,6-7,9-13H2,1H3/t15-,17?,21+. The van der Waals surface area contributed by atoms with Gasteiger partial charge in [0.1, 0.15) is 11.6 Å². The van der Waals surface area contributed by atoms with Crippen molar-refractivity contribution in [2.24, 2.45) is 11.3 Å². The Hall–Kier alpha value is -1.62. The van der Waals surface area contributed by atoms with Crippen LogP contribution in [0, 0.1) is 17.2 Å². The fourth-order valence-electron chi connectivity index (χ4n) is 5.39. The van der Waals surface area contributed by atoms with Crippen LogP contribution in [-0.4, -0.2) is 40.7 Å². The molecule has 4 aliphatic rings. The number of carbonyl (C=O) groups is 1. The van der Waals surface area contributed by atoms with Crippen LogP contribution in [-0.2, 0) is 4.79 Å². The summed E-state index contributed by atoms with van der Waals surface area (Å²) in [5, 5.41) is 9.85. The van der Waals surface area contributed by atoms with Crippen molar-refractivity contribution in [3.8, 4) is 5.75 Å². The van der Waals surface area contributed by atoms with E-state index >= 15 is 0 Å². The summed E-state index contributed by atoms with van der Waals surface area (Å²) in [5.41, 5.74) is 0.354. The summed E-state index contributed by atoms with van der Waals surface area (Å²) in [4.78, 5) is 14.5. The predicted octanol–water partition coefficient (Wildman–Crippen LogP) is 3.62. The van der Waals surface area contributed by atoms with Crippen molar-refractivity contribution in [1.82, 2.24) is 4.90 Å². The molecule has 1 unspecified atom stereocenters. The van der Waals surface area contributed by atoms with Gasteiger partial charge in [-0.15, -0.1) is 0 Å². The number of likely N-dealkylation sites (tertiary alicyclic amines) is 1. The van der Waals surface area contributed by atoms with Crippen molar-refractivity contribution in [2.45, 2.75) is 69.5 Å². The van der Waals surface area contributed by atoms with Crippen LogP contribution in [0.3, 0.4) is 0 Å². The highest BCUT2D eigenvalue weighted by Crippen LogP contribution is 2.49. The van der Waals surface area contributed by atoms with E-state index in [1.165, 1.54) is 6.07 Å². The highest BCUT2D eigenvalue weighted by molar-refractivity contribution is 5.81. The van der Waals surface area contributed by atoms with E-state index in [0.29, 0.717) is 18.8 Å². The minimum absolute atomic E-state index is 0.00543. The summed E-state index contributed by atoms with van der Waals surface area (Å²) in [6, 6.07) is 5.16. The van der Waals surface area contributed by atoms with Crippen LogP contribution in [0.25, 0.3) is 0 Å². The molecule has 146 valence electrons. The Morgan fingerprint density at radius 1 is 1.22 bits per heavy atom. The first-order valence-corrected chi connectivity index (χ1v) is 10.3. The van der Waals surface area contributed by atoms with Crippen LogP contribution in [0.15, 0.2) is 18.2 Å². The number of benzene rings is 1. The van der Waals surface area contributed by atoms with E-state index in [-0.39, 0.29) is 29.2 Å². The van der Waals surface area contributed by atoms with Crippen LogP contribution in [0.2, 0.25) is 0 Å². The Morgan fingerprint density at radius 2 is 1.96 bits per heavy atom. The molecule has 3 saturated carbocycles. The average molecular weight is 373 g/mol. The van der Waals surface area contributed by atoms with Gasteiger partial charge in [-0.2, -0.15) is 0 Å². The van der Waals surface area contributed by atoms with Gasteiger partial charge in [0.05, 0.1) is 11.7 Å². The maximum atomic E-state index is 13.9. The van der Waals surface area contributed by atoms with Crippen molar-refractivity contribution in [1.29, 1.82) is 0 Å². The van der Waals surface area contributed by atoms with Crippen LogP contribution in [0.1, 0.15) is 63.4 Å². The number of nitrogens with zero attached hydrogens (tertiary/aromatic N) is 1. The number of ether oxygens (including phenoxy) is 1. The summed E-state index contributed by atoms with van der Waals surface area (Å²) >= 11 is 0. The smallest absolute Gasteiger partial charge is 0.225 e. The summed E-state index contributed by atoms with van der Waals surface area (Å²) in [6.45, 7) is 3.44. The second-order valence-corrected chi connectivity index (χ2v) is 9.74. The number of aliphatic hydroxyl groups is 1. The third-order valence-electron chi connectivity index (χ3n) is 7.03. The van der Waals surface area contributed by atoms with E-state index in [0.717, 1.165) is 56.5 Å². The molecule has 0 bridgehead atoms. The van der Waals surface area contributed by atoms with E-state index in [4.69, 9.17) is 4.74 Å². The molecule has 1 saturated heterocycles. The molecular weight excluding hydrogens is 345 g/mol. The second kappa shape index (κ2) is 5.94. The van der Waals surface area contributed by atoms with Gasteiger partial charge in [0.2, 0.25) is 5.91 Å². The van der Waals surface area contributed by atoms with Gasteiger partial charge in [0, 0.05) is 24.4 Å². The highest BCUT2D eigenvalue weighted by Gasteiger charge is 2.53. The first-order valence-electron chi connectivity index (χ1n) is 10.3. The summed E-state index contributed by atoms with van der Waals surface area (Å²) in [5.74, 6) is 1.26. The molecule has 1 atom stereocenters. The number of hydrogen-bond donors (Lipinski definition) is 1. The molecule has 1 amide bonds. The van der Waals surface area contributed by atoms with Gasteiger partial charge in [0.15, 0.2) is 0 Å². The lowest BCUT2D eigenvalue weighted by Gasteiger charge is -2.51. The molecule has 0 radical (unpaired) electrons. The summed E-state index contributed by atoms with van der Waals surface area (Å²) < 4.78 is 20.1. The number of amides is 1. The number of rotatable bonds is 4. The topological polar surface area (TPSA) is 49.8 Å². The van der Waals surface area contributed by atoms with Crippen LogP contribution in [0.4, 0.5) is 4.39 Å². The normalized spacial score (nSPS) is 34.3. The molecule has 1 aliphatic heterocycles. The first kappa shape index (κ1) is 17.5. The van der Waals surface area contributed by atoms with Crippen molar-refractivity contribution in [2.75, 3.05) is 13.1 Å². The highest BCUT2D eigenvalue weighted by atomic mass is 19.1. The van der Waals surface area contributed by atoms with E-state index < -0.39 is 5.60 Å². The minimum atomic E-state index is -0.649. The molecule has 4 nitrogen and oxygen atoms in total. The van der Waals surface area contributed by atoms with Gasteiger partial charge in [-0.1, -0.05) is 0 Å². The fourth-order valence-corrected chi connectivity index (χ4v) is 5.39. The molecule has 1 heterocycles. The molecule has 0 aromatic heterocycles. The summed E-state index contributed by atoms with van der Waals surface area (Å²) in [6.07, 6.45) is 6.54. The van der Waals surface area contributed by atoms with Gasteiger partial charge < -0.3 is 14.7 Å². The van der Waals surface area contributed by atoms with E-state index in [9.17, 15) is 14.3 Å². The molecule has 1 N–H and O–H groups in total. The van der Waals surface area contributed by atoms with Crippen LogP contribution in [0.5, 0.6) is 5.75 Å². The Bertz CT molecular complexity index is 759. The summed E-state index contributed by atoms with van der Waals surface area (Å²) in [7, 11) is 0. The lowest BCUT2D eigenvalue weighted by atomic mass is 9.70. The first-order chi connectivity index (χ1) is 12.8. The van der Waals surface area contributed by atoms with E-state index in [2.05, 4.69) is 0 Å². The van der Waals surface area contributed by atoms with Gasteiger partial charge in [-0.25, -0.2) is 4.39 Å².